The summed E-state index contributed by atoms with van der Waals surface area (Å²) in [5.41, 5.74) is 6.51. The Hall–Kier alpha value is -0.500. The van der Waals surface area contributed by atoms with Crippen LogP contribution >= 0.6 is 23.2 Å². The summed E-state index contributed by atoms with van der Waals surface area (Å²) >= 11 is 11.7. The quantitative estimate of drug-likeness (QED) is 0.732. The Morgan fingerprint density at radius 1 is 1.42 bits per heavy atom. The number of halogens is 2. The molecule has 1 aromatic carbocycles. The van der Waals surface area contributed by atoms with Crippen LogP contribution in [0.1, 0.15) is 11.6 Å². The van der Waals surface area contributed by atoms with Gasteiger partial charge >= 0.3 is 0 Å². The van der Waals surface area contributed by atoms with Crippen molar-refractivity contribution in [1.29, 1.82) is 0 Å². The molecular weight excluding hydrogens is 193 g/mol. The molecule has 0 fully saturated rings. The third-order valence-corrected chi connectivity index (χ3v) is 2.43. The summed E-state index contributed by atoms with van der Waals surface area (Å²) in [4.78, 5) is 0. The van der Waals surface area contributed by atoms with Crippen LogP contribution in [0.4, 0.5) is 0 Å². The summed E-state index contributed by atoms with van der Waals surface area (Å²) in [5, 5.41) is 1.03. The van der Waals surface area contributed by atoms with E-state index in [2.05, 4.69) is 6.58 Å². The van der Waals surface area contributed by atoms with Crippen molar-refractivity contribution in [2.75, 3.05) is 0 Å². The van der Waals surface area contributed by atoms with Crippen molar-refractivity contribution >= 4 is 23.2 Å². The fourth-order valence-corrected chi connectivity index (χ4v) is 1.34. The predicted octanol–water partition coefficient (Wildman–Crippen LogP) is 3.18. The molecule has 1 rings (SSSR count). The molecule has 0 saturated heterocycles. The lowest BCUT2D eigenvalue weighted by atomic mass is 10.1. The molecule has 0 spiro atoms. The zero-order valence-corrected chi connectivity index (χ0v) is 7.94. The summed E-state index contributed by atoms with van der Waals surface area (Å²) in [6.07, 6.45) is 1.62. The Morgan fingerprint density at radius 3 is 2.67 bits per heavy atom. The molecule has 0 aliphatic rings. The Kier molecular flexibility index (Phi) is 3.15. The lowest BCUT2D eigenvalue weighted by Crippen LogP contribution is -2.06. The van der Waals surface area contributed by atoms with E-state index in [-0.39, 0.29) is 6.04 Å². The van der Waals surface area contributed by atoms with Crippen molar-refractivity contribution in [1.82, 2.24) is 0 Å². The average molecular weight is 202 g/mol. The molecule has 0 radical (unpaired) electrons. The van der Waals surface area contributed by atoms with Gasteiger partial charge in [-0.1, -0.05) is 41.4 Å². The van der Waals surface area contributed by atoms with Gasteiger partial charge < -0.3 is 5.73 Å². The normalized spacial score (nSPS) is 12.6. The Labute approximate surface area is 81.8 Å². The number of benzene rings is 1. The highest BCUT2D eigenvalue weighted by atomic mass is 35.5. The minimum atomic E-state index is -0.254. The second-order valence-corrected chi connectivity index (χ2v) is 3.19. The molecule has 1 nitrogen and oxygen atoms in total. The zero-order valence-electron chi connectivity index (χ0n) is 6.43. The maximum absolute atomic E-state index is 5.91. The first-order valence-corrected chi connectivity index (χ1v) is 4.24. The van der Waals surface area contributed by atoms with E-state index in [1.165, 1.54) is 0 Å². The molecule has 0 bridgehead atoms. The number of nitrogens with two attached hydrogens (primary N) is 1. The van der Waals surface area contributed by atoms with Gasteiger partial charge in [-0.15, -0.1) is 6.58 Å². The molecule has 0 aliphatic heterocycles. The van der Waals surface area contributed by atoms with E-state index in [1.54, 1.807) is 12.1 Å². The van der Waals surface area contributed by atoms with E-state index < -0.39 is 0 Å². The minimum absolute atomic E-state index is 0.254. The van der Waals surface area contributed by atoms with Crippen LogP contribution in [-0.4, -0.2) is 0 Å². The van der Waals surface area contributed by atoms with Gasteiger partial charge in [-0.3, -0.25) is 0 Å². The molecule has 1 aromatic rings. The SMILES string of the molecule is C=C[C@@H](N)c1cccc(Cl)c1Cl. The van der Waals surface area contributed by atoms with E-state index in [4.69, 9.17) is 28.9 Å². The summed E-state index contributed by atoms with van der Waals surface area (Å²) in [5.74, 6) is 0. The number of hydrogen-bond donors (Lipinski definition) is 1. The first-order chi connectivity index (χ1) is 5.66. The van der Waals surface area contributed by atoms with Crippen molar-refractivity contribution in [3.05, 3.63) is 46.5 Å². The van der Waals surface area contributed by atoms with Crippen LogP contribution in [0, 0.1) is 0 Å². The Morgan fingerprint density at radius 2 is 2.08 bits per heavy atom. The standard InChI is InChI=1S/C9H9Cl2N/c1-2-8(12)6-4-3-5-7(10)9(6)11/h2-5,8H,1,12H2/t8-/m1/s1. The van der Waals surface area contributed by atoms with Gasteiger partial charge in [0.1, 0.15) is 0 Å². The lowest BCUT2D eigenvalue weighted by molar-refractivity contribution is 0.915. The van der Waals surface area contributed by atoms with Crippen LogP contribution in [0.5, 0.6) is 0 Å². The lowest BCUT2D eigenvalue weighted by Gasteiger charge is -2.09. The molecular formula is C9H9Cl2N. The molecule has 64 valence electrons. The third-order valence-electron chi connectivity index (χ3n) is 1.59. The zero-order chi connectivity index (χ0) is 9.14. The molecule has 0 unspecified atom stereocenters. The summed E-state index contributed by atoms with van der Waals surface area (Å²) in [6.45, 7) is 3.58. The second-order valence-electron chi connectivity index (χ2n) is 2.40. The van der Waals surface area contributed by atoms with Crippen LogP contribution < -0.4 is 5.73 Å². The molecule has 0 amide bonds. The van der Waals surface area contributed by atoms with Gasteiger partial charge in [0, 0.05) is 6.04 Å². The minimum Gasteiger partial charge on any atom is -0.321 e. The van der Waals surface area contributed by atoms with Crippen molar-refractivity contribution in [2.45, 2.75) is 6.04 Å². The molecule has 1 atom stereocenters. The third kappa shape index (κ3) is 1.81. The van der Waals surface area contributed by atoms with E-state index in [0.717, 1.165) is 5.56 Å². The van der Waals surface area contributed by atoms with Gasteiger partial charge in [0.25, 0.3) is 0 Å². The van der Waals surface area contributed by atoms with Crippen molar-refractivity contribution in [3.63, 3.8) is 0 Å². The average Bonchev–Trinajstić information content (AvgIpc) is 2.08. The van der Waals surface area contributed by atoms with Gasteiger partial charge in [0.05, 0.1) is 10.0 Å². The summed E-state index contributed by atoms with van der Waals surface area (Å²) in [6, 6.07) is 5.12. The van der Waals surface area contributed by atoms with Crippen LogP contribution in [0.2, 0.25) is 10.0 Å². The highest BCUT2D eigenvalue weighted by Crippen LogP contribution is 2.29. The van der Waals surface area contributed by atoms with Gasteiger partial charge in [0.15, 0.2) is 0 Å². The van der Waals surface area contributed by atoms with Crippen molar-refractivity contribution < 1.29 is 0 Å². The van der Waals surface area contributed by atoms with Gasteiger partial charge in [-0.25, -0.2) is 0 Å². The smallest absolute Gasteiger partial charge is 0.0643 e. The van der Waals surface area contributed by atoms with Crippen LogP contribution in [0.3, 0.4) is 0 Å². The highest BCUT2D eigenvalue weighted by Gasteiger charge is 2.08. The molecule has 3 heteroatoms. The first kappa shape index (κ1) is 9.59. The fourth-order valence-electron chi connectivity index (χ4n) is 0.905. The van der Waals surface area contributed by atoms with E-state index in [0.29, 0.717) is 10.0 Å². The molecule has 0 heterocycles. The Balaban J connectivity index is 3.15. The monoisotopic (exact) mass is 201 g/mol. The first-order valence-electron chi connectivity index (χ1n) is 3.49. The van der Waals surface area contributed by atoms with Crippen LogP contribution in [-0.2, 0) is 0 Å². The van der Waals surface area contributed by atoms with Crippen LogP contribution in [0.15, 0.2) is 30.9 Å². The van der Waals surface area contributed by atoms with Gasteiger partial charge in [0.2, 0.25) is 0 Å². The fraction of sp³-hybridized carbons (Fsp3) is 0.111. The van der Waals surface area contributed by atoms with Crippen LogP contribution in [0.25, 0.3) is 0 Å². The molecule has 0 aromatic heterocycles. The number of rotatable bonds is 2. The largest absolute Gasteiger partial charge is 0.321 e. The highest BCUT2D eigenvalue weighted by molar-refractivity contribution is 6.42. The molecule has 0 saturated carbocycles. The molecule has 2 N–H and O–H groups in total. The summed E-state index contributed by atoms with van der Waals surface area (Å²) in [7, 11) is 0. The topological polar surface area (TPSA) is 26.0 Å². The maximum Gasteiger partial charge on any atom is 0.0643 e. The summed E-state index contributed by atoms with van der Waals surface area (Å²) < 4.78 is 0. The van der Waals surface area contributed by atoms with Gasteiger partial charge in [-0.2, -0.15) is 0 Å². The van der Waals surface area contributed by atoms with Crippen molar-refractivity contribution in [3.8, 4) is 0 Å². The van der Waals surface area contributed by atoms with Gasteiger partial charge in [-0.05, 0) is 11.6 Å². The van der Waals surface area contributed by atoms with Crippen molar-refractivity contribution in [2.24, 2.45) is 5.73 Å². The number of hydrogen-bond acceptors (Lipinski definition) is 1. The Bertz CT molecular complexity index is 297. The molecule has 12 heavy (non-hydrogen) atoms. The van der Waals surface area contributed by atoms with E-state index >= 15 is 0 Å². The molecule has 0 aliphatic carbocycles. The maximum atomic E-state index is 5.91. The second kappa shape index (κ2) is 3.94. The van der Waals surface area contributed by atoms with E-state index in [1.807, 2.05) is 12.1 Å². The predicted molar refractivity (Wildman–Crippen MR) is 53.6 cm³/mol. The van der Waals surface area contributed by atoms with E-state index in [9.17, 15) is 0 Å².